The number of ether oxygens (including phenoxy) is 2. The molecule has 1 unspecified atom stereocenters. The van der Waals surface area contributed by atoms with Crippen molar-refractivity contribution in [3.05, 3.63) is 0 Å². The summed E-state index contributed by atoms with van der Waals surface area (Å²) in [7, 11) is 2.86. The molecule has 118 valence electrons. The van der Waals surface area contributed by atoms with E-state index in [9.17, 15) is 9.59 Å². The van der Waals surface area contributed by atoms with Crippen LogP contribution >= 0.6 is 0 Å². The third-order valence-electron chi connectivity index (χ3n) is 3.25. The van der Waals surface area contributed by atoms with Crippen molar-refractivity contribution in [3.63, 3.8) is 0 Å². The van der Waals surface area contributed by atoms with Crippen LogP contribution in [0.4, 0.5) is 0 Å². The number of nitrogens with one attached hydrogen (secondary N) is 1. The smallest absolute Gasteiger partial charge is 0.310 e. The minimum Gasteiger partial charge on any atom is -0.469 e. The maximum absolute atomic E-state index is 11.5. The molecule has 0 rings (SSSR count). The molecular formula is C13H27NO5Si. The van der Waals surface area contributed by atoms with Gasteiger partial charge in [-0.05, 0) is 32.1 Å². The first-order valence-corrected chi connectivity index (χ1v) is 9.88. The lowest BCUT2D eigenvalue weighted by atomic mass is 10.1. The molecular weight excluding hydrogens is 278 g/mol. The van der Waals surface area contributed by atoms with Crippen molar-refractivity contribution >= 4 is 20.3 Å². The van der Waals surface area contributed by atoms with E-state index in [4.69, 9.17) is 4.43 Å². The van der Waals surface area contributed by atoms with Crippen LogP contribution in [0, 0.1) is 5.92 Å². The topological polar surface area (TPSA) is 73.9 Å². The molecule has 20 heavy (non-hydrogen) atoms. The Balaban J connectivity index is 4.02. The summed E-state index contributed by atoms with van der Waals surface area (Å²) in [5.74, 6) is -1.30. The Morgan fingerprint density at radius 3 is 2.30 bits per heavy atom. The monoisotopic (exact) mass is 305 g/mol. The van der Waals surface area contributed by atoms with Crippen molar-refractivity contribution in [2.24, 2.45) is 5.92 Å². The van der Waals surface area contributed by atoms with E-state index in [2.05, 4.69) is 27.9 Å². The maximum atomic E-state index is 11.5. The molecule has 0 aliphatic rings. The summed E-state index contributed by atoms with van der Waals surface area (Å²) >= 11 is 0. The fourth-order valence-corrected chi connectivity index (χ4v) is 2.94. The Morgan fingerprint density at radius 2 is 1.80 bits per heavy atom. The van der Waals surface area contributed by atoms with Gasteiger partial charge in [0.05, 0.1) is 26.6 Å². The van der Waals surface area contributed by atoms with Crippen molar-refractivity contribution < 1.29 is 23.5 Å². The van der Waals surface area contributed by atoms with Crippen LogP contribution in [0.15, 0.2) is 0 Å². The second kappa shape index (κ2) is 9.90. The van der Waals surface area contributed by atoms with Gasteiger partial charge < -0.3 is 19.2 Å². The average molecular weight is 305 g/mol. The number of rotatable bonds is 10. The van der Waals surface area contributed by atoms with Gasteiger partial charge in [0, 0.05) is 13.7 Å². The van der Waals surface area contributed by atoms with Crippen molar-refractivity contribution in [3.8, 4) is 0 Å². The highest BCUT2D eigenvalue weighted by molar-refractivity contribution is 6.71. The summed E-state index contributed by atoms with van der Waals surface area (Å²) in [5.41, 5.74) is 0. The van der Waals surface area contributed by atoms with E-state index in [-0.39, 0.29) is 6.42 Å². The SMILES string of the molecule is COC(=O)CC(CNCCC[Si](C)(C)OC)C(=O)OC. The number of methoxy groups -OCH3 is 2. The maximum Gasteiger partial charge on any atom is 0.310 e. The lowest BCUT2D eigenvalue weighted by Gasteiger charge is -2.20. The molecule has 0 radical (unpaired) electrons. The molecule has 0 aromatic carbocycles. The average Bonchev–Trinajstić information content (AvgIpc) is 2.44. The first-order valence-electron chi connectivity index (χ1n) is 6.76. The molecule has 0 saturated carbocycles. The van der Waals surface area contributed by atoms with E-state index in [1.807, 2.05) is 0 Å². The highest BCUT2D eigenvalue weighted by Gasteiger charge is 2.23. The summed E-state index contributed by atoms with van der Waals surface area (Å²) in [4.78, 5) is 22.8. The van der Waals surface area contributed by atoms with Crippen LogP contribution in [-0.2, 0) is 23.5 Å². The number of carbonyl (C=O) groups is 2. The summed E-state index contributed by atoms with van der Waals surface area (Å²) in [6, 6.07) is 1.05. The number of esters is 2. The second-order valence-electron chi connectivity index (χ2n) is 5.27. The van der Waals surface area contributed by atoms with E-state index in [0.29, 0.717) is 6.54 Å². The van der Waals surface area contributed by atoms with Crippen molar-refractivity contribution in [1.29, 1.82) is 0 Å². The molecule has 0 heterocycles. The van der Waals surface area contributed by atoms with E-state index < -0.39 is 26.2 Å². The van der Waals surface area contributed by atoms with Gasteiger partial charge in [0.15, 0.2) is 8.32 Å². The lowest BCUT2D eigenvalue weighted by molar-refractivity contribution is -0.151. The molecule has 1 N–H and O–H groups in total. The lowest BCUT2D eigenvalue weighted by Crippen LogP contribution is -2.33. The van der Waals surface area contributed by atoms with E-state index >= 15 is 0 Å². The molecule has 0 aliphatic carbocycles. The van der Waals surface area contributed by atoms with E-state index in [1.165, 1.54) is 14.2 Å². The number of hydrogen-bond donors (Lipinski definition) is 1. The molecule has 0 spiro atoms. The normalized spacial score (nSPS) is 12.8. The van der Waals surface area contributed by atoms with Crippen molar-refractivity contribution in [1.82, 2.24) is 5.32 Å². The van der Waals surface area contributed by atoms with Gasteiger partial charge >= 0.3 is 11.9 Å². The zero-order valence-electron chi connectivity index (χ0n) is 13.2. The number of carbonyl (C=O) groups excluding carboxylic acids is 2. The van der Waals surface area contributed by atoms with Crippen LogP contribution in [-0.4, -0.2) is 54.7 Å². The fourth-order valence-electron chi connectivity index (χ4n) is 1.71. The van der Waals surface area contributed by atoms with Crippen LogP contribution in [0.5, 0.6) is 0 Å². The highest BCUT2D eigenvalue weighted by Crippen LogP contribution is 2.12. The predicted octanol–water partition coefficient (Wildman–Crippen LogP) is 1.17. The van der Waals surface area contributed by atoms with Crippen LogP contribution in [0.1, 0.15) is 12.8 Å². The quantitative estimate of drug-likeness (QED) is 0.371. The Kier molecular flexibility index (Phi) is 9.44. The summed E-state index contributed by atoms with van der Waals surface area (Å²) in [6.07, 6.45) is 1.02. The zero-order chi connectivity index (χ0) is 15.6. The molecule has 0 aliphatic heterocycles. The van der Waals surface area contributed by atoms with Crippen LogP contribution in [0.3, 0.4) is 0 Å². The molecule has 0 fully saturated rings. The van der Waals surface area contributed by atoms with Gasteiger partial charge in [-0.25, -0.2) is 0 Å². The zero-order valence-corrected chi connectivity index (χ0v) is 14.2. The molecule has 7 heteroatoms. The Bertz CT molecular complexity index is 309. The van der Waals surface area contributed by atoms with E-state index in [1.54, 1.807) is 7.11 Å². The molecule has 0 aromatic heterocycles. The van der Waals surface area contributed by atoms with Gasteiger partial charge in [-0.15, -0.1) is 0 Å². The third kappa shape index (κ3) is 8.29. The predicted molar refractivity (Wildman–Crippen MR) is 78.9 cm³/mol. The van der Waals surface area contributed by atoms with Crippen LogP contribution < -0.4 is 5.32 Å². The van der Waals surface area contributed by atoms with Gasteiger partial charge in [-0.2, -0.15) is 0 Å². The largest absolute Gasteiger partial charge is 0.469 e. The first-order chi connectivity index (χ1) is 9.36. The van der Waals surface area contributed by atoms with Crippen LogP contribution in [0.2, 0.25) is 19.1 Å². The van der Waals surface area contributed by atoms with Gasteiger partial charge in [-0.1, -0.05) is 0 Å². The van der Waals surface area contributed by atoms with E-state index in [0.717, 1.165) is 19.0 Å². The minimum atomic E-state index is -1.52. The minimum absolute atomic E-state index is 0.0362. The van der Waals surface area contributed by atoms with Gasteiger partial charge in [0.2, 0.25) is 0 Å². The van der Waals surface area contributed by atoms with Gasteiger partial charge in [-0.3, -0.25) is 9.59 Å². The summed E-state index contributed by atoms with van der Waals surface area (Å²) in [6.45, 7) is 5.54. The molecule has 1 atom stereocenters. The molecule has 0 saturated heterocycles. The van der Waals surface area contributed by atoms with Gasteiger partial charge in [0.1, 0.15) is 0 Å². The summed E-state index contributed by atoms with van der Waals surface area (Å²) < 4.78 is 14.7. The molecule has 0 bridgehead atoms. The fraction of sp³-hybridized carbons (Fsp3) is 0.846. The molecule has 0 aromatic rings. The second-order valence-corrected chi connectivity index (χ2v) is 9.70. The highest BCUT2D eigenvalue weighted by atomic mass is 28.4. The molecule has 6 nitrogen and oxygen atoms in total. The van der Waals surface area contributed by atoms with Crippen molar-refractivity contribution in [2.45, 2.75) is 32.0 Å². The Hall–Kier alpha value is -0.923. The van der Waals surface area contributed by atoms with Crippen LogP contribution in [0.25, 0.3) is 0 Å². The van der Waals surface area contributed by atoms with Crippen molar-refractivity contribution in [2.75, 3.05) is 34.4 Å². The first kappa shape index (κ1) is 19.1. The third-order valence-corrected chi connectivity index (χ3v) is 5.91. The standard InChI is InChI=1S/C13H27NO5Si/c1-17-12(15)9-11(13(16)18-2)10-14-7-6-8-20(4,5)19-3/h11,14H,6-10H2,1-5H3. The number of hydrogen-bond acceptors (Lipinski definition) is 6. The Labute approximate surface area is 122 Å². The Morgan fingerprint density at radius 1 is 1.15 bits per heavy atom. The van der Waals surface area contributed by atoms with Gasteiger partial charge in [0.25, 0.3) is 0 Å². The summed E-state index contributed by atoms with van der Waals surface area (Å²) in [5, 5.41) is 3.18. The molecule has 0 amide bonds.